The van der Waals surface area contributed by atoms with Crippen molar-refractivity contribution in [1.29, 1.82) is 0 Å². The van der Waals surface area contributed by atoms with E-state index in [0.29, 0.717) is 34.1 Å². The Labute approximate surface area is 163 Å². The highest BCUT2D eigenvalue weighted by molar-refractivity contribution is 6.30. The normalized spacial score (nSPS) is 11.3. The molecule has 7 nitrogen and oxygen atoms in total. The van der Waals surface area contributed by atoms with E-state index in [4.69, 9.17) is 11.6 Å². The summed E-state index contributed by atoms with van der Waals surface area (Å²) in [6, 6.07) is 12.9. The smallest absolute Gasteiger partial charge is 0.261 e. The van der Waals surface area contributed by atoms with Gasteiger partial charge in [0.25, 0.3) is 11.3 Å². The molecule has 0 spiro atoms. The molecule has 0 aliphatic carbocycles. The van der Waals surface area contributed by atoms with Gasteiger partial charge in [-0.2, -0.15) is 9.50 Å². The van der Waals surface area contributed by atoms with Crippen LogP contribution in [0, 0.1) is 0 Å². The molecule has 0 aliphatic rings. The maximum absolute atomic E-state index is 12.9. The average Bonchev–Trinajstić information content (AvgIpc) is 3.16. The second-order valence-electron chi connectivity index (χ2n) is 6.32. The van der Waals surface area contributed by atoms with Gasteiger partial charge in [0.15, 0.2) is 5.82 Å². The van der Waals surface area contributed by atoms with Crippen LogP contribution in [-0.4, -0.2) is 29.1 Å². The largest absolute Gasteiger partial charge is 0.310 e. The van der Waals surface area contributed by atoms with E-state index in [2.05, 4.69) is 20.1 Å². The minimum absolute atomic E-state index is 0.140. The van der Waals surface area contributed by atoms with Gasteiger partial charge in [0, 0.05) is 35.4 Å². The molecule has 0 saturated carbocycles. The van der Waals surface area contributed by atoms with Crippen molar-refractivity contribution in [3.63, 3.8) is 0 Å². The predicted molar refractivity (Wildman–Crippen MR) is 106 cm³/mol. The van der Waals surface area contributed by atoms with Crippen LogP contribution >= 0.6 is 11.6 Å². The number of benzene rings is 1. The van der Waals surface area contributed by atoms with Crippen LogP contribution in [0.1, 0.15) is 5.56 Å². The fourth-order valence-corrected chi connectivity index (χ4v) is 3.22. The Morgan fingerprint density at radius 1 is 1.04 bits per heavy atom. The van der Waals surface area contributed by atoms with Gasteiger partial charge in [-0.3, -0.25) is 9.78 Å². The molecule has 0 atom stereocenters. The zero-order valence-electron chi connectivity index (χ0n) is 14.5. The fraction of sp³-hybridized carbons (Fsp3) is 0.0500. The predicted octanol–water partition coefficient (Wildman–Crippen LogP) is 3.20. The van der Waals surface area contributed by atoms with Crippen molar-refractivity contribution in [2.45, 2.75) is 6.54 Å². The summed E-state index contributed by atoms with van der Waals surface area (Å²) >= 11 is 5.95. The Balaban J connectivity index is 1.63. The van der Waals surface area contributed by atoms with Crippen LogP contribution < -0.4 is 5.56 Å². The summed E-state index contributed by atoms with van der Waals surface area (Å²) in [5.41, 5.74) is 2.29. The molecule has 28 heavy (non-hydrogen) atoms. The first kappa shape index (κ1) is 16.6. The Morgan fingerprint density at radius 3 is 2.68 bits per heavy atom. The first-order valence-electron chi connectivity index (χ1n) is 8.59. The van der Waals surface area contributed by atoms with Crippen LogP contribution in [0.2, 0.25) is 5.02 Å². The van der Waals surface area contributed by atoms with Crippen molar-refractivity contribution in [3.05, 3.63) is 88.2 Å². The summed E-state index contributed by atoms with van der Waals surface area (Å²) in [5, 5.41) is 5.66. The summed E-state index contributed by atoms with van der Waals surface area (Å²) in [7, 11) is 0. The molecule has 1 aromatic carbocycles. The molecular formula is C20H13ClN6O. The Kier molecular flexibility index (Phi) is 3.87. The topological polar surface area (TPSA) is 78.0 Å². The van der Waals surface area contributed by atoms with E-state index in [0.717, 1.165) is 11.1 Å². The molecule has 4 heterocycles. The first-order valence-corrected chi connectivity index (χ1v) is 8.96. The highest BCUT2D eigenvalue weighted by Gasteiger charge is 2.12. The summed E-state index contributed by atoms with van der Waals surface area (Å²) < 4.78 is 3.22. The summed E-state index contributed by atoms with van der Waals surface area (Å²) in [4.78, 5) is 25.8. The summed E-state index contributed by atoms with van der Waals surface area (Å²) in [6.45, 7) is 0.439. The first-order chi connectivity index (χ1) is 13.7. The van der Waals surface area contributed by atoms with E-state index >= 15 is 0 Å². The third-order valence-electron chi connectivity index (χ3n) is 4.49. The van der Waals surface area contributed by atoms with Crippen LogP contribution in [0.15, 0.2) is 72.0 Å². The number of aromatic nitrogens is 6. The van der Waals surface area contributed by atoms with Crippen molar-refractivity contribution in [1.82, 2.24) is 29.1 Å². The number of pyridine rings is 2. The number of rotatable bonds is 3. The third-order valence-corrected chi connectivity index (χ3v) is 4.74. The molecular weight excluding hydrogens is 376 g/mol. The van der Waals surface area contributed by atoms with Crippen molar-refractivity contribution in [3.8, 4) is 11.4 Å². The zero-order valence-corrected chi connectivity index (χ0v) is 15.3. The molecule has 0 fully saturated rings. The van der Waals surface area contributed by atoms with Crippen LogP contribution in [0.3, 0.4) is 0 Å². The highest BCUT2D eigenvalue weighted by atomic mass is 35.5. The van der Waals surface area contributed by atoms with Gasteiger partial charge in [0.2, 0.25) is 0 Å². The van der Waals surface area contributed by atoms with Crippen LogP contribution in [0.5, 0.6) is 0 Å². The molecule has 0 radical (unpaired) electrons. The Hall–Kier alpha value is -3.58. The Morgan fingerprint density at radius 2 is 1.89 bits per heavy atom. The number of fused-ring (bicyclic) bond motifs is 3. The molecule has 0 aliphatic heterocycles. The van der Waals surface area contributed by atoms with Gasteiger partial charge in [0.1, 0.15) is 0 Å². The Bertz CT molecular complexity index is 1360. The van der Waals surface area contributed by atoms with E-state index in [1.54, 1.807) is 46.0 Å². The van der Waals surface area contributed by atoms with Gasteiger partial charge in [-0.1, -0.05) is 17.7 Å². The van der Waals surface area contributed by atoms with E-state index in [1.807, 2.05) is 30.3 Å². The van der Waals surface area contributed by atoms with Crippen LogP contribution in [0.4, 0.5) is 0 Å². The molecule has 0 bridgehead atoms. The lowest BCUT2D eigenvalue weighted by Crippen LogP contribution is -2.21. The lowest BCUT2D eigenvalue weighted by atomic mass is 10.2. The fourth-order valence-electron chi connectivity index (χ4n) is 3.09. The van der Waals surface area contributed by atoms with Gasteiger partial charge in [-0.05, 0) is 42.0 Å². The molecule has 4 aromatic heterocycles. The van der Waals surface area contributed by atoms with E-state index in [-0.39, 0.29) is 5.56 Å². The number of hydrogen-bond acceptors (Lipinski definition) is 5. The molecule has 0 N–H and O–H groups in total. The zero-order chi connectivity index (χ0) is 19.1. The van der Waals surface area contributed by atoms with Gasteiger partial charge in [0.05, 0.1) is 17.4 Å². The maximum atomic E-state index is 12.9. The van der Waals surface area contributed by atoms with Gasteiger partial charge < -0.3 is 4.57 Å². The maximum Gasteiger partial charge on any atom is 0.261 e. The molecule has 8 heteroatoms. The molecule has 5 aromatic rings. The number of nitrogens with zero attached hydrogens (tertiary/aromatic N) is 6. The van der Waals surface area contributed by atoms with Crippen LogP contribution in [0.25, 0.3) is 28.1 Å². The third kappa shape index (κ3) is 2.82. The van der Waals surface area contributed by atoms with E-state index in [1.165, 1.54) is 0 Å². The minimum atomic E-state index is -0.140. The number of halogens is 1. The van der Waals surface area contributed by atoms with Crippen molar-refractivity contribution >= 4 is 28.3 Å². The SMILES string of the molecule is O=c1c2cnc3nc(-c4ccc(Cl)cc4)nn3c2ccn1Cc1cccnc1. The monoisotopic (exact) mass is 388 g/mol. The minimum Gasteiger partial charge on any atom is -0.310 e. The second-order valence-corrected chi connectivity index (χ2v) is 6.76. The van der Waals surface area contributed by atoms with Crippen LogP contribution in [-0.2, 0) is 6.54 Å². The molecule has 0 saturated heterocycles. The van der Waals surface area contributed by atoms with E-state index < -0.39 is 0 Å². The van der Waals surface area contributed by atoms with Crippen molar-refractivity contribution < 1.29 is 0 Å². The molecule has 136 valence electrons. The van der Waals surface area contributed by atoms with Crippen molar-refractivity contribution in [2.75, 3.05) is 0 Å². The molecule has 0 amide bonds. The number of hydrogen-bond donors (Lipinski definition) is 0. The second kappa shape index (κ2) is 6.54. The quantitative estimate of drug-likeness (QED) is 0.474. The molecule has 0 unspecified atom stereocenters. The lowest BCUT2D eigenvalue weighted by molar-refractivity contribution is 0.762. The van der Waals surface area contributed by atoms with E-state index in [9.17, 15) is 4.79 Å². The summed E-state index contributed by atoms with van der Waals surface area (Å²) in [6.07, 6.45) is 6.75. The van der Waals surface area contributed by atoms with Gasteiger partial charge in [-0.25, -0.2) is 4.98 Å². The highest BCUT2D eigenvalue weighted by Crippen LogP contribution is 2.20. The van der Waals surface area contributed by atoms with Gasteiger partial charge >= 0.3 is 0 Å². The molecule has 5 rings (SSSR count). The average molecular weight is 389 g/mol. The standard InChI is InChI=1S/C20H13ClN6O/c21-15-5-3-14(4-6-15)18-24-20-23-11-16-17(27(20)25-18)7-9-26(19(16)28)12-13-2-1-8-22-10-13/h1-11H,12H2. The van der Waals surface area contributed by atoms with Gasteiger partial charge in [-0.15, -0.1) is 5.10 Å². The summed E-state index contributed by atoms with van der Waals surface area (Å²) in [5.74, 6) is 0.957. The van der Waals surface area contributed by atoms with Crippen molar-refractivity contribution in [2.24, 2.45) is 0 Å². The lowest BCUT2D eigenvalue weighted by Gasteiger charge is -2.07.